The molecule has 20 heavy (non-hydrogen) atoms. The van der Waals surface area contributed by atoms with Crippen molar-refractivity contribution in [1.29, 1.82) is 0 Å². The quantitative estimate of drug-likeness (QED) is 0.816. The number of nitrogens with two attached hydrogens (primary N) is 1. The van der Waals surface area contributed by atoms with Crippen molar-refractivity contribution in [2.75, 3.05) is 14.1 Å². The van der Waals surface area contributed by atoms with Crippen molar-refractivity contribution in [2.24, 2.45) is 23.5 Å². The van der Waals surface area contributed by atoms with Gasteiger partial charge in [0.2, 0.25) is 0 Å². The van der Waals surface area contributed by atoms with Gasteiger partial charge >= 0.3 is 0 Å². The van der Waals surface area contributed by atoms with Gasteiger partial charge in [0, 0.05) is 18.0 Å². The van der Waals surface area contributed by atoms with Gasteiger partial charge in [-0.05, 0) is 38.8 Å². The molecule has 3 aliphatic rings. The highest BCUT2D eigenvalue weighted by atomic mass is 15.3. The number of piperidine rings is 1. The average Bonchev–Trinajstić information content (AvgIpc) is 2.48. The molecule has 0 radical (unpaired) electrons. The van der Waals surface area contributed by atoms with Crippen LogP contribution in [0.5, 0.6) is 0 Å². The summed E-state index contributed by atoms with van der Waals surface area (Å²) in [6.45, 7) is 0. The third-order valence-corrected chi connectivity index (χ3v) is 6.26. The Labute approximate surface area is 124 Å². The van der Waals surface area contributed by atoms with Crippen LogP contribution in [0.25, 0.3) is 0 Å². The zero-order chi connectivity index (χ0) is 14.1. The molecule has 5 atom stereocenters. The number of hydrogen-bond acceptors (Lipinski definition) is 3. The molecule has 3 N–H and O–H groups in total. The first-order valence-electron chi connectivity index (χ1n) is 8.86. The maximum absolute atomic E-state index is 6.83. The van der Waals surface area contributed by atoms with Gasteiger partial charge in [0.15, 0.2) is 0 Å². The second-order valence-corrected chi connectivity index (χ2v) is 7.68. The van der Waals surface area contributed by atoms with Crippen molar-refractivity contribution < 1.29 is 0 Å². The van der Waals surface area contributed by atoms with Gasteiger partial charge in [-0.1, -0.05) is 44.9 Å². The highest BCUT2D eigenvalue weighted by Crippen LogP contribution is 2.42. The van der Waals surface area contributed by atoms with E-state index < -0.39 is 0 Å². The fourth-order valence-corrected chi connectivity index (χ4v) is 5.24. The van der Waals surface area contributed by atoms with E-state index in [0.29, 0.717) is 24.2 Å². The first-order valence-corrected chi connectivity index (χ1v) is 8.86. The minimum absolute atomic E-state index is 0.414. The largest absolute Gasteiger partial charge is 0.327 e. The van der Waals surface area contributed by atoms with E-state index in [1.807, 2.05) is 0 Å². The van der Waals surface area contributed by atoms with Gasteiger partial charge in [-0.25, -0.2) is 0 Å². The highest BCUT2D eigenvalue weighted by molar-refractivity contribution is 5.02. The molecule has 0 bridgehead atoms. The summed E-state index contributed by atoms with van der Waals surface area (Å²) in [7, 11) is 4.45. The normalized spacial score (nSPS) is 43.5. The summed E-state index contributed by atoms with van der Waals surface area (Å²) in [6.07, 6.45) is 13.0. The molecular weight excluding hydrogens is 246 g/mol. The Morgan fingerprint density at radius 1 is 0.900 bits per heavy atom. The Bertz CT molecular complexity index is 311. The Hall–Kier alpha value is -0.120. The molecule has 0 amide bonds. The molecule has 3 nitrogen and oxygen atoms in total. The highest BCUT2D eigenvalue weighted by Gasteiger charge is 2.46. The van der Waals surface area contributed by atoms with E-state index in [9.17, 15) is 0 Å². The Morgan fingerprint density at radius 3 is 2.25 bits per heavy atom. The smallest absolute Gasteiger partial charge is 0.0641 e. The minimum Gasteiger partial charge on any atom is -0.327 e. The summed E-state index contributed by atoms with van der Waals surface area (Å²) >= 11 is 0. The van der Waals surface area contributed by atoms with Gasteiger partial charge in [0.25, 0.3) is 0 Å². The summed E-state index contributed by atoms with van der Waals surface area (Å²) in [4.78, 5) is 2.39. The third kappa shape index (κ3) is 2.77. The van der Waals surface area contributed by atoms with Crippen LogP contribution in [0.15, 0.2) is 0 Å². The monoisotopic (exact) mass is 279 g/mol. The van der Waals surface area contributed by atoms with E-state index in [1.165, 1.54) is 57.8 Å². The second kappa shape index (κ2) is 6.33. The SMILES string of the molecule is CN(C)C1NC2CCCCC2C(N)C1C1CCCCC1. The van der Waals surface area contributed by atoms with E-state index in [-0.39, 0.29) is 0 Å². The Morgan fingerprint density at radius 2 is 1.55 bits per heavy atom. The van der Waals surface area contributed by atoms with Crippen LogP contribution in [-0.4, -0.2) is 37.2 Å². The molecule has 3 rings (SSSR count). The molecular formula is C17H33N3. The molecule has 5 unspecified atom stereocenters. The van der Waals surface area contributed by atoms with Gasteiger partial charge < -0.3 is 5.73 Å². The van der Waals surface area contributed by atoms with Crippen molar-refractivity contribution in [3.05, 3.63) is 0 Å². The van der Waals surface area contributed by atoms with Gasteiger partial charge in [0.05, 0.1) is 6.17 Å². The van der Waals surface area contributed by atoms with Crippen LogP contribution in [0, 0.1) is 17.8 Å². The third-order valence-electron chi connectivity index (χ3n) is 6.26. The van der Waals surface area contributed by atoms with Crippen LogP contribution in [-0.2, 0) is 0 Å². The molecule has 3 fully saturated rings. The molecule has 2 saturated carbocycles. The predicted octanol–water partition coefficient (Wildman–Crippen LogP) is 2.56. The van der Waals surface area contributed by atoms with Crippen LogP contribution in [0.1, 0.15) is 57.8 Å². The number of rotatable bonds is 2. The van der Waals surface area contributed by atoms with E-state index in [1.54, 1.807) is 0 Å². The lowest BCUT2D eigenvalue weighted by atomic mass is 9.65. The summed E-state index contributed by atoms with van der Waals surface area (Å²) < 4.78 is 0. The van der Waals surface area contributed by atoms with Gasteiger partial charge in [-0.15, -0.1) is 0 Å². The molecule has 116 valence electrons. The minimum atomic E-state index is 0.414. The molecule has 0 spiro atoms. The maximum Gasteiger partial charge on any atom is 0.0641 e. The van der Waals surface area contributed by atoms with Crippen LogP contribution >= 0.6 is 0 Å². The molecule has 0 aromatic rings. The lowest BCUT2D eigenvalue weighted by Gasteiger charge is -2.53. The van der Waals surface area contributed by atoms with Gasteiger partial charge in [-0.2, -0.15) is 0 Å². The first kappa shape index (κ1) is 14.8. The lowest BCUT2D eigenvalue weighted by Crippen LogP contribution is -2.67. The summed E-state index contributed by atoms with van der Waals surface area (Å²) in [5, 5.41) is 3.98. The second-order valence-electron chi connectivity index (χ2n) is 7.68. The molecule has 1 saturated heterocycles. The van der Waals surface area contributed by atoms with E-state index >= 15 is 0 Å². The lowest BCUT2D eigenvalue weighted by molar-refractivity contribution is -0.00481. The number of fused-ring (bicyclic) bond motifs is 1. The molecule has 0 aromatic carbocycles. The summed E-state index contributed by atoms with van der Waals surface area (Å²) in [6, 6.07) is 1.09. The Balaban J connectivity index is 1.79. The average molecular weight is 279 g/mol. The predicted molar refractivity (Wildman–Crippen MR) is 84.4 cm³/mol. The maximum atomic E-state index is 6.83. The van der Waals surface area contributed by atoms with Crippen LogP contribution in [0.4, 0.5) is 0 Å². The topological polar surface area (TPSA) is 41.3 Å². The van der Waals surface area contributed by atoms with Crippen LogP contribution in [0.3, 0.4) is 0 Å². The van der Waals surface area contributed by atoms with E-state index in [4.69, 9.17) is 5.73 Å². The van der Waals surface area contributed by atoms with Crippen molar-refractivity contribution >= 4 is 0 Å². The van der Waals surface area contributed by atoms with Crippen molar-refractivity contribution in [3.8, 4) is 0 Å². The fraction of sp³-hybridized carbons (Fsp3) is 1.00. The fourth-order valence-electron chi connectivity index (χ4n) is 5.24. The number of nitrogens with one attached hydrogen (secondary N) is 1. The van der Waals surface area contributed by atoms with Gasteiger partial charge in [0.1, 0.15) is 0 Å². The molecule has 1 heterocycles. The van der Waals surface area contributed by atoms with Crippen LogP contribution < -0.4 is 11.1 Å². The zero-order valence-electron chi connectivity index (χ0n) is 13.4. The summed E-state index contributed by atoms with van der Waals surface area (Å²) in [5.74, 6) is 2.23. The van der Waals surface area contributed by atoms with Crippen molar-refractivity contribution in [2.45, 2.75) is 76.0 Å². The van der Waals surface area contributed by atoms with Crippen molar-refractivity contribution in [3.63, 3.8) is 0 Å². The summed E-state index contributed by atoms with van der Waals surface area (Å²) in [5.41, 5.74) is 6.83. The zero-order valence-corrected chi connectivity index (χ0v) is 13.4. The van der Waals surface area contributed by atoms with E-state index in [2.05, 4.69) is 24.3 Å². The van der Waals surface area contributed by atoms with Crippen molar-refractivity contribution in [1.82, 2.24) is 10.2 Å². The van der Waals surface area contributed by atoms with Gasteiger partial charge in [-0.3, -0.25) is 10.2 Å². The molecule has 0 aromatic heterocycles. The standard InChI is InChI=1S/C17H33N3/c1-20(2)17-15(12-8-4-3-5-9-12)16(18)13-10-6-7-11-14(13)19-17/h12-17,19H,3-11,18H2,1-2H3. The molecule has 1 aliphatic heterocycles. The molecule has 3 heteroatoms. The number of hydrogen-bond donors (Lipinski definition) is 2. The van der Waals surface area contributed by atoms with Crippen LogP contribution in [0.2, 0.25) is 0 Å². The Kier molecular flexibility index (Phi) is 4.68. The number of nitrogens with zero attached hydrogens (tertiary/aromatic N) is 1. The molecule has 2 aliphatic carbocycles. The van der Waals surface area contributed by atoms with E-state index in [0.717, 1.165) is 11.8 Å². The first-order chi connectivity index (χ1) is 9.68.